The molecular weight excluding hydrogens is 461 g/mol. The normalized spacial score (nSPS) is 17.9. The van der Waals surface area contributed by atoms with Gasteiger partial charge in [0.1, 0.15) is 16.6 Å². The van der Waals surface area contributed by atoms with E-state index in [0.29, 0.717) is 11.3 Å². The van der Waals surface area contributed by atoms with Crippen LogP contribution in [0, 0.1) is 6.92 Å². The molecule has 0 saturated carbocycles. The van der Waals surface area contributed by atoms with Crippen LogP contribution in [0.15, 0.2) is 30.5 Å². The minimum atomic E-state index is -4.59. The summed E-state index contributed by atoms with van der Waals surface area (Å²) in [6.07, 6.45) is -3.15. The van der Waals surface area contributed by atoms with Crippen LogP contribution in [0.25, 0.3) is 0 Å². The molecule has 0 saturated heterocycles. The zero-order valence-corrected chi connectivity index (χ0v) is 18.8. The van der Waals surface area contributed by atoms with E-state index in [-0.39, 0.29) is 29.5 Å². The molecule has 0 fully saturated rings. The Hall–Kier alpha value is -3.21. The summed E-state index contributed by atoms with van der Waals surface area (Å²) < 4.78 is 49.3. The second-order valence-corrected chi connectivity index (χ2v) is 8.19. The van der Waals surface area contributed by atoms with E-state index in [9.17, 15) is 18.0 Å². The lowest BCUT2D eigenvalue weighted by Crippen LogP contribution is -2.35. The molecule has 3 heterocycles. The van der Waals surface area contributed by atoms with Crippen molar-refractivity contribution in [2.24, 2.45) is 7.05 Å². The van der Waals surface area contributed by atoms with Gasteiger partial charge in [0.2, 0.25) is 0 Å². The SMILES string of the molecule is COc1ccc([C@H]2C[C@@H](C(F)(F)F)n3nc(C(=O)NCc4cn(C)nc4C)c(Cl)c3N2)cc1. The molecule has 0 unspecified atom stereocenters. The first-order valence-electron chi connectivity index (χ1n) is 10.1. The maximum atomic E-state index is 13.9. The predicted octanol–water partition coefficient (Wildman–Crippen LogP) is 4.18. The van der Waals surface area contributed by atoms with E-state index in [1.54, 1.807) is 49.1 Å². The topological polar surface area (TPSA) is 86.0 Å². The van der Waals surface area contributed by atoms with Crippen molar-refractivity contribution in [2.45, 2.75) is 38.1 Å². The highest BCUT2D eigenvalue weighted by Gasteiger charge is 2.47. The molecule has 8 nitrogen and oxygen atoms in total. The van der Waals surface area contributed by atoms with Gasteiger partial charge in [0.05, 0.1) is 18.8 Å². The van der Waals surface area contributed by atoms with Crippen molar-refractivity contribution in [3.8, 4) is 5.75 Å². The van der Waals surface area contributed by atoms with Crippen LogP contribution in [0.4, 0.5) is 19.0 Å². The van der Waals surface area contributed by atoms with Gasteiger partial charge in [0, 0.05) is 31.8 Å². The van der Waals surface area contributed by atoms with E-state index in [1.807, 2.05) is 0 Å². The van der Waals surface area contributed by atoms with Crippen LogP contribution in [0.5, 0.6) is 5.75 Å². The highest BCUT2D eigenvalue weighted by Crippen LogP contribution is 2.46. The van der Waals surface area contributed by atoms with E-state index < -0.39 is 24.2 Å². The van der Waals surface area contributed by atoms with E-state index >= 15 is 0 Å². The lowest BCUT2D eigenvalue weighted by Gasteiger charge is -2.33. The molecule has 1 amide bonds. The monoisotopic (exact) mass is 482 g/mol. The number of alkyl halides is 3. The van der Waals surface area contributed by atoms with Gasteiger partial charge in [-0.1, -0.05) is 23.7 Å². The van der Waals surface area contributed by atoms with Crippen molar-refractivity contribution in [1.29, 1.82) is 0 Å². The first-order valence-corrected chi connectivity index (χ1v) is 10.5. The molecule has 1 aromatic carbocycles. The molecule has 1 aliphatic heterocycles. The van der Waals surface area contributed by atoms with Crippen LogP contribution >= 0.6 is 11.6 Å². The summed E-state index contributed by atoms with van der Waals surface area (Å²) in [7, 11) is 3.26. The third-order valence-corrected chi connectivity index (χ3v) is 5.94. The first kappa shape index (κ1) is 23.0. The Balaban J connectivity index is 1.62. The number of anilines is 1. The third-order valence-electron chi connectivity index (χ3n) is 5.58. The second-order valence-electron chi connectivity index (χ2n) is 7.82. The lowest BCUT2D eigenvalue weighted by molar-refractivity contribution is -0.173. The van der Waals surface area contributed by atoms with Crippen LogP contribution in [0.2, 0.25) is 5.02 Å². The highest BCUT2D eigenvalue weighted by molar-refractivity contribution is 6.36. The van der Waals surface area contributed by atoms with Crippen molar-refractivity contribution in [1.82, 2.24) is 24.9 Å². The first-order chi connectivity index (χ1) is 15.6. The van der Waals surface area contributed by atoms with Gasteiger partial charge in [0.15, 0.2) is 11.7 Å². The Morgan fingerprint density at radius 3 is 2.58 bits per heavy atom. The Labute approximate surface area is 192 Å². The maximum absolute atomic E-state index is 13.9. The molecular formula is C21H22ClF3N6O2. The highest BCUT2D eigenvalue weighted by atomic mass is 35.5. The zero-order chi connectivity index (χ0) is 23.9. The fourth-order valence-electron chi connectivity index (χ4n) is 3.87. The Kier molecular flexibility index (Phi) is 6.00. The molecule has 176 valence electrons. The minimum absolute atomic E-state index is 0.0474. The van der Waals surface area contributed by atoms with Gasteiger partial charge in [0.25, 0.3) is 5.91 Å². The smallest absolute Gasteiger partial charge is 0.410 e. The third kappa shape index (κ3) is 4.50. The number of hydrogen-bond acceptors (Lipinski definition) is 5. The second kappa shape index (κ2) is 8.62. The van der Waals surface area contributed by atoms with Gasteiger partial charge in [-0.15, -0.1) is 0 Å². The molecule has 4 rings (SSSR count). The number of ether oxygens (including phenoxy) is 1. The van der Waals surface area contributed by atoms with Crippen LogP contribution < -0.4 is 15.4 Å². The lowest BCUT2D eigenvalue weighted by atomic mass is 9.97. The van der Waals surface area contributed by atoms with Gasteiger partial charge in [-0.2, -0.15) is 23.4 Å². The average Bonchev–Trinajstić information content (AvgIpc) is 3.28. The molecule has 12 heteroatoms. The number of aryl methyl sites for hydroxylation is 2. The van der Waals surface area contributed by atoms with E-state index in [1.165, 1.54) is 7.11 Å². The minimum Gasteiger partial charge on any atom is -0.497 e. The van der Waals surface area contributed by atoms with Gasteiger partial charge in [-0.05, 0) is 24.6 Å². The molecule has 0 aliphatic carbocycles. The van der Waals surface area contributed by atoms with Crippen molar-refractivity contribution in [3.05, 3.63) is 58.0 Å². The quantitative estimate of drug-likeness (QED) is 0.570. The molecule has 1 aliphatic rings. The molecule has 2 atom stereocenters. The van der Waals surface area contributed by atoms with Gasteiger partial charge < -0.3 is 15.4 Å². The molecule has 0 bridgehead atoms. The number of methoxy groups -OCH3 is 1. The Bertz CT molecular complexity index is 1170. The molecule has 33 heavy (non-hydrogen) atoms. The van der Waals surface area contributed by atoms with Crippen LogP contribution in [0.3, 0.4) is 0 Å². The average molecular weight is 483 g/mol. The fraction of sp³-hybridized carbons (Fsp3) is 0.381. The van der Waals surface area contributed by atoms with Gasteiger partial charge in [-0.3, -0.25) is 9.48 Å². The van der Waals surface area contributed by atoms with Crippen LogP contribution in [-0.2, 0) is 13.6 Å². The number of carbonyl (C=O) groups excluding carboxylic acids is 1. The zero-order valence-electron chi connectivity index (χ0n) is 18.1. The number of aromatic nitrogens is 4. The molecule has 0 radical (unpaired) electrons. The van der Waals surface area contributed by atoms with E-state index in [4.69, 9.17) is 16.3 Å². The van der Waals surface area contributed by atoms with Crippen molar-refractivity contribution >= 4 is 23.3 Å². The number of hydrogen-bond donors (Lipinski definition) is 2. The molecule has 2 N–H and O–H groups in total. The standard InChI is InChI=1S/C21H22ClF3N6O2/c1-11-13(10-30(2)28-11)9-26-20(32)18-17(22)19-27-15(12-4-6-14(33-3)7-5-12)8-16(21(23,24)25)31(19)29-18/h4-7,10,15-16,27H,8-9H2,1-3H3,(H,26,32)/t15-,16+/m1/s1. The Morgan fingerprint density at radius 2 is 2.00 bits per heavy atom. The number of carbonyl (C=O) groups is 1. The number of halogens is 4. The number of fused-ring (bicyclic) bond motifs is 1. The molecule has 0 spiro atoms. The number of rotatable bonds is 5. The number of nitrogens with zero attached hydrogens (tertiary/aromatic N) is 4. The van der Waals surface area contributed by atoms with Crippen LogP contribution in [0.1, 0.15) is 45.8 Å². The van der Waals surface area contributed by atoms with E-state index in [2.05, 4.69) is 20.8 Å². The van der Waals surface area contributed by atoms with E-state index in [0.717, 1.165) is 15.9 Å². The number of nitrogens with one attached hydrogen (secondary N) is 2. The Morgan fingerprint density at radius 1 is 1.30 bits per heavy atom. The van der Waals surface area contributed by atoms with Crippen molar-refractivity contribution < 1.29 is 22.7 Å². The fourth-order valence-corrected chi connectivity index (χ4v) is 4.14. The van der Waals surface area contributed by atoms with Gasteiger partial charge >= 0.3 is 6.18 Å². The number of benzene rings is 1. The summed E-state index contributed by atoms with van der Waals surface area (Å²) in [4.78, 5) is 12.7. The summed E-state index contributed by atoms with van der Waals surface area (Å²) in [6.45, 7) is 1.93. The predicted molar refractivity (Wildman–Crippen MR) is 115 cm³/mol. The molecule has 3 aromatic rings. The number of amides is 1. The summed E-state index contributed by atoms with van der Waals surface area (Å²) in [5.41, 5.74) is 1.86. The van der Waals surface area contributed by atoms with Crippen molar-refractivity contribution in [2.75, 3.05) is 12.4 Å². The largest absolute Gasteiger partial charge is 0.497 e. The van der Waals surface area contributed by atoms with Crippen molar-refractivity contribution in [3.63, 3.8) is 0 Å². The molecule has 2 aromatic heterocycles. The van der Waals surface area contributed by atoms with Crippen LogP contribution in [-0.4, -0.2) is 38.8 Å². The summed E-state index contributed by atoms with van der Waals surface area (Å²) >= 11 is 6.36. The summed E-state index contributed by atoms with van der Waals surface area (Å²) in [5.74, 6) is -0.129. The van der Waals surface area contributed by atoms with Gasteiger partial charge in [-0.25, -0.2) is 4.68 Å². The summed E-state index contributed by atoms with van der Waals surface area (Å²) in [5, 5.41) is 13.6. The maximum Gasteiger partial charge on any atom is 0.410 e. The summed E-state index contributed by atoms with van der Waals surface area (Å²) in [6, 6.07) is 4.10.